The van der Waals surface area contributed by atoms with Gasteiger partial charge in [-0.3, -0.25) is 0 Å². The maximum Gasteiger partial charge on any atom is 0.335 e. The molecule has 0 radical (unpaired) electrons. The Labute approximate surface area is 190 Å². The van der Waals surface area contributed by atoms with Crippen LogP contribution in [0.1, 0.15) is 17.3 Å². The molecule has 0 saturated heterocycles. The highest BCUT2D eigenvalue weighted by Gasteiger charge is 2.27. The first-order valence-electron chi connectivity index (χ1n) is 10.00. The number of nitrogens with one attached hydrogen (secondary N) is 1. The molecule has 0 bridgehead atoms. The Morgan fingerprint density at radius 3 is 2.56 bits per heavy atom. The number of pyridine rings is 1. The van der Waals surface area contributed by atoms with Crippen LogP contribution in [0, 0.1) is 0 Å². The van der Waals surface area contributed by atoms with Crippen LogP contribution < -0.4 is 10.1 Å². The first-order chi connectivity index (χ1) is 15.5. The zero-order valence-electron chi connectivity index (χ0n) is 17.0. The molecule has 0 aliphatic heterocycles. The van der Waals surface area contributed by atoms with Gasteiger partial charge in [0.1, 0.15) is 12.4 Å². The number of carbonyl (C=O) groups is 1. The Morgan fingerprint density at radius 1 is 1.00 bits per heavy atom. The topological polar surface area (TPSA) is 91.7 Å². The summed E-state index contributed by atoms with van der Waals surface area (Å²) in [6.45, 7) is 0.284. The first-order valence-corrected chi connectivity index (χ1v) is 10.4. The minimum Gasteiger partial charge on any atom is -0.487 e. The fourth-order valence-corrected chi connectivity index (χ4v) is 3.48. The van der Waals surface area contributed by atoms with Crippen molar-refractivity contribution in [2.75, 3.05) is 5.32 Å². The van der Waals surface area contributed by atoms with E-state index in [0.29, 0.717) is 22.0 Å². The lowest BCUT2D eigenvalue weighted by Crippen LogP contribution is -2.32. The third kappa shape index (κ3) is 5.17. The van der Waals surface area contributed by atoms with Crippen molar-refractivity contribution in [1.29, 1.82) is 0 Å². The highest BCUT2D eigenvalue weighted by Crippen LogP contribution is 2.27. The number of carboxylic acids is 1. The summed E-state index contributed by atoms with van der Waals surface area (Å²) < 4.78 is 5.89. The summed E-state index contributed by atoms with van der Waals surface area (Å²) in [6.07, 6.45) is -1.65. The Bertz CT molecular complexity index is 1230. The molecule has 3 N–H and O–H groups in total. The van der Waals surface area contributed by atoms with Crippen molar-refractivity contribution >= 4 is 34.2 Å². The number of benzene rings is 3. The molecule has 7 heteroatoms. The summed E-state index contributed by atoms with van der Waals surface area (Å²) in [5.41, 5.74) is 2.89. The molecule has 0 aliphatic rings. The summed E-state index contributed by atoms with van der Waals surface area (Å²) in [5.74, 6) is -0.739. The van der Waals surface area contributed by atoms with Gasteiger partial charge in [0.05, 0.1) is 17.3 Å². The second-order valence-electron chi connectivity index (χ2n) is 7.27. The zero-order valence-corrected chi connectivity index (χ0v) is 17.7. The minimum absolute atomic E-state index is 0.284. The smallest absolute Gasteiger partial charge is 0.335 e. The monoisotopic (exact) mass is 448 g/mol. The molecule has 0 spiro atoms. The number of rotatable bonds is 8. The van der Waals surface area contributed by atoms with E-state index in [4.69, 9.17) is 16.3 Å². The number of aliphatic hydroxyl groups is 1. The fraction of sp³-hybridized carbons (Fsp3) is 0.120. The van der Waals surface area contributed by atoms with Crippen molar-refractivity contribution in [2.24, 2.45) is 0 Å². The number of aliphatic hydroxyl groups excluding tert-OH is 1. The molecule has 1 heterocycles. The lowest BCUT2D eigenvalue weighted by molar-refractivity contribution is -0.147. The molecular weight excluding hydrogens is 428 g/mol. The highest BCUT2D eigenvalue weighted by atomic mass is 35.5. The number of aromatic nitrogens is 1. The zero-order chi connectivity index (χ0) is 22.5. The van der Waals surface area contributed by atoms with Gasteiger partial charge < -0.3 is 20.3 Å². The lowest BCUT2D eigenvalue weighted by Gasteiger charge is -2.23. The highest BCUT2D eigenvalue weighted by molar-refractivity contribution is 6.30. The lowest BCUT2D eigenvalue weighted by atomic mass is 10.0. The van der Waals surface area contributed by atoms with Gasteiger partial charge in [0.2, 0.25) is 0 Å². The fourth-order valence-electron chi connectivity index (χ4n) is 3.36. The molecule has 4 aromatic rings. The van der Waals surface area contributed by atoms with E-state index in [1.165, 1.54) is 0 Å². The molecule has 162 valence electrons. The van der Waals surface area contributed by atoms with Crippen molar-refractivity contribution in [2.45, 2.75) is 18.8 Å². The van der Waals surface area contributed by atoms with Crippen LogP contribution in [0.25, 0.3) is 10.9 Å². The normalized spacial score (nSPS) is 12.8. The molecule has 0 saturated carbocycles. The summed E-state index contributed by atoms with van der Waals surface area (Å²) >= 11 is 5.94. The average molecular weight is 449 g/mol. The predicted octanol–water partition coefficient (Wildman–Crippen LogP) is 5.07. The van der Waals surface area contributed by atoms with E-state index in [9.17, 15) is 15.0 Å². The minimum atomic E-state index is -1.65. The van der Waals surface area contributed by atoms with Gasteiger partial charge >= 0.3 is 5.97 Å². The molecule has 1 aromatic heterocycles. The first kappa shape index (κ1) is 21.6. The maximum absolute atomic E-state index is 11.4. The molecular formula is C25H21ClN2O4. The van der Waals surface area contributed by atoms with Gasteiger partial charge in [-0.2, -0.15) is 0 Å². The van der Waals surface area contributed by atoms with Gasteiger partial charge in [0.15, 0.2) is 6.10 Å². The van der Waals surface area contributed by atoms with E-state index in [1.54, 1.807) is 48.5 Å². The number of ether oxygens (including phenoxy) is 1. The van der Waals surface area contributed by atoms with E-state index in [0.717, 1.165) is 16.6 Å². The molecule has 3 aromatic carbocycles. The third-order valence-corrected chi connectivity index (χ3v) is 5.25. The number of fused-ring (bicyclic) bond motifs is 1. The molecule has 0 aliphatic carbocycles. The van der Waals surface area contributed by atoms with Crippen LogP contribution in [-0.4, -0.2) is 27.3 Å². The van der Waals surface area contributed by atoms with Gasteiger partial charge in [-0.1, -0.05) is 54.1 Å². The summed E-state index contributed by atoms with van der Waals surface area (Å²) in [7, 11) is 0. The van der Waals surface area contributed by atoms with Crippen LogP contribution in [0.4, 0.5) is 5.69 Å². The molecule has 6 nitrogen and oxygen atoms in total. The van der Waals surface area contributed by atoms with Crippen LogP contribution in [-0.2, 0) is 11.4 Å². The summed E-state index contributed by atoms with van der Waals surface area (Å²) in [5, 5.41) is 24.3. The van der Waals surface area contributed by atoms with Crippen LogP contribution in [0.2, 0.25) is 5.02 Å². The largest absolute Gasteiger partial charge is 0.487 e. The number of hydrogen-bond donors (Lipinski definition) is 3. The Balaban J connectivity index is 1.50. The Kier molecular flexibility index (Phi) is 6.54. The summed E-state index contributed by atoms with van der Waals surface area (Å²) in [4.78, 5) is 16.0. The van der Waals surface area contributed by atoms with Crippen molar-refractivity contribution in [3.8, 4) is 5.75 Å². The third-order valence-electron chi connectivity index (χ3n) is 5.00. The standard InChI is InChI=1S/C25H21ClN2O4/c26-18-11-8-17(9-12-18)23(24(29)25(30)31)28-19-5-3-6-21(14-19)32-15-20-13-10-16-4-1-2-7-22(16)27-20/h1-14,23-24,28-29H,15H2,(H,30,31)/t23?,24-/m1/s1. The van der Waals surface area contributed by atoms with E-state index in [1.807, 2.05) is 36.4 Å². The molecule has 0 amide bonds. The average Bonchev–Trinajstić information content (AvgIpc) is 2.81. The molecule has 0 fully saturated rings. The number of para-hydroxylation sites is 1. The number of nitrogens with zero attached hydrogens (tertiary/aromatic N) is 1. The van der Waals surface area contributed by atoms with Crippen molar-refractivity contribution in [3.05, 3.63) is 101 Å². The van der Waals surface area contributed by atoms with Gasteiger partial charge in [0.25, 0.3) is 0 Å². The maximum atomic E-state index is 11.4. The number of hydrogen-bond acceptors (Lipinski definition) is 5. The van der Waals surface area contributed by atoms with Gasteiger partial charge in [-0.15, -0.1) is 0 Å². The number of halogens is 1. The summed E-state index contributed by atoms with van der Waals surface area (Å²) in [6, 6.07) is 24.7. The second-order valence-corrected chi connectivity index (χ2v) is 7.70. The van der Waals surface area contributed by atoms with Gasteiger partial charge in [-0.25, -0.2) is 9.78 Å². The Morgan fingerprint density at radius 2 is 1.78 bits per heavy atom. The molecule has 1 unspecified atom stereocenters. The number of aliphatic carboxylic acids is 1. The number of anilines is 1. The molecule has 32 heavy (non-hydrogen) atoms. The van der Waals surface area contributed by atoms with Crippen LogP contribution in [0.5, 0.6) is 5.75 Å². The SMILES string of the molecule is O=C(O)[C@H](O)C(Nc1cccc(OCc2ccc3ccccc3n2)c1)c1ccc(Cl)cc1. The van der Waals surface area contributed by atoms with Crippen LogP contribution >= 0.6 is 11.6 Å². The van der Waals surface area contributed by atoms with E-state index in [-0.39, 0.29) is 6.61 Å². The second kappa shape index (κ2) is 9.68. The van der Waals surface area contributed by atoms with E-state index in [2.05, 4.69) is 10.3 Å². The van der Waals surface area contributed by atoms with Crippen molar-refractivity contribution < 1.29 is 19.7 Å². The molecule has 2 atom stereocenters. The quantitative estimate of drug-likeness (QED) is 0.348. The van der Waals surface area contributed by atoms with E-state index >= 15 is 0 Å². The van der Waals surface area contributed by atoms with Crippen LogP contribution in [0.3, 0.4) is 0 Å². The van der Waals surface area contributed by atoms with Gasteiger partial charge in [0, 0.05) is 22.2 Å². The Hall–Kier alpha value is -3.61. The van der Waals surface area contributed by atoms with Crippen molar-refractivity contribution in [3.63, 3.8) is 0 Å². The van der Waals surface area contributed by atoms with Crippen LogP contribution in [0.15, 0.2) is 84.9 Å². The molecule has 4 rings (SSSR count). The van der Waals surface area contributed by atoms with Gasteiger partial charge in [-0.05, 0) is 42.0 Å². The van der Waals surface area contributed by atoms with Crippen molar-refractivity contribution in [1.82, 2.24) is 4.98 Å². The predicted molar refractivity (Wildman–Crippen MR) is 124 cm³/mol. The number of carboxylic acid groups (broad SMARTS) is 1. The van der Waals surface area contributed by atoms with E-state index < -0.39 is 18.1 Å².